The van der Waals surface area contributed by atoms with Gasteiger partial charge in [0.2, 0.25) is 17.7 Å². The number of anilines is 1. The third-order valence-electron chi connectivity index (χ3n) is 5.21. The molecule has 0 spiro atoms. The summed E-state index contributed by atoms with van der Waals surface area (Å²) < 4.78 is 0. The van der Waals surface area contributed by atoms with E-state index in [9.17, 15) is 14.4 Å². The van der Waals surface area contributed by atoms with Gasteiger partial charge in [-0.3, -0.25) is 14.4 Å². The van der Waals surface area contributed by atoms with Crippen LogP contribution in [0.4, 0.5) is 5.13 Å². The van der Waals surface area contributed by atoms with Crippen molar-refractivity contribution in [1.82, 2.24) is 15.2 Å². The Kier molecular flexibility index (Phi) is 8.76. The van der Waals surface area contributed by atoms with Gasteiger partial charge in [-0.2, -0.15) is 0 Å². The summed E-state index contributed by atoms with van der Waals surface area (Å²) in [6.07, 6.45) is 1.56. The molecule has 3 rings (SSSR count). The Labute approximate surface area is 210 Å². The maximum absolute atomic E-state index is 13.6. The molecular formula is C27H32N4O3S. The van der Waals surface area contributed by atoms with Crippen molar-refractivity contribution in [2.24, 2.45) is 0 Å². The van der Waals surface area contributed by atoms with Crippen LogP contribution in [0.3, 0.4) is 0 Å². The summed E-state index contributed by atoms with van der Waals surface area (Å²) in [5.74, 6) is -0.838. The first-order valence-corrected chi connectivity index (χ1v) is 12.4. The van der Waals surface area contributed by atoms with E-state index < -0.39 is 11.6 Å². The van der Waals surface area contributed by atoms with Crippen LogP contribution in [0.1, 0.15) is 56.3 Å². The zero-order chi connectivity index (χ0) is 25.4. The van der Waals surface area contributed by atoms with Gasteiger partial charge in [-0.05, 0) is 38.8 Å². The molecule has 7 nitrogen and oxygen atoms in total. The van der Waals surface area contributed by atoms with Crippen LogP contribution in [-0.4, -0.2) is 33.1 Å². The minimum absolute atomic E-state index is 0.00872. The lowest BCUT2D eigenvalue weighted by molar-refractivity contribution is -0.142. The zero-order valence-electron chi connectivity index (χ0n) is 20.6. The average Bonchev–Trinajstić information content (AvgIpc) is 3.31. The highest BCUT2D eigenvalue weighted by Crippen LogP contribution is 2.26. The molecule has 0 aliphatic carbocycles. The van der Waals surface area contributed by atoms with E-state index >= 15 is 0 Å². The molecule has 8 heteroatoms. The Morgan fingerprint density at radius 1 is 1.00 bits per heavy atom. The Bertz CT molecular complexity index is 1120. The molecule has 0 aliphatic heterocycles. The number of thiazole rings is 1. The van der Waals surface area contributed by atoms with E-state index in [0.29, 0.717) is 10.7 Å². The van der Waals surface area contributed by atoms with Gasteiger partial charge in [-0.25, -0.2) is 4.98 Å². The molecule has 2 N–H and O–H groups in total. The fraction of sp³-hybridized carbons (Fsp3) is 0.333. The molecule has 1 aromatic heterocycles. The van der Waals surface area contributed by atoms with Crippen molar-refractivity contribution >= 4 is 34.2 Å². The van der Waals surface area contributed by atoms with Crippen molar-refractivity contribution in [3.8, 4) is 0 Å². The van der Waals surface area contributed by atoms with Gasteiger partial charge < -0.3 is 15.5 Å². The maximum Gasteiger partial charge on any atom is 0.247 e. The quantitative estimate of drug-likeness (QED) is 0.446. The van der Waals surface area contributed by atoms with Crippen molar-refractivity contribution in [1.29, 1.82) is 0 Å². The molecule has 3 amide bonds. The van der Waals surface area contributed by atoms with E-state index in [1.807, 2.05) is 82.3 Å². The fourth-order valence-corrected chi connectivity index (χ4v) is 4.14. The molecule has 1 heterocycles. The number of carbonyl (C=O) groups excluding carboxylic acids is 3. The smallest absolute Gasteiger partial charge is 0.247 e. The van der Waals surface area contributed by atoms with Crippen molar-refractivity contribution in [3.05, 3.63) is 82.9 Å². The monoisotopic (exact) mass is 492 g/mol. The van der Waals surface area contributed by atoms with Gasteiger partial charge in [0.05, 0.1) is 0 Å². The molecule has 184 valence electrons. The second kappa shape index (κ2) is 11.8. The standard InChI is InChI=1S/C27H32N4O3S/c1-19-10-12-21(13-11-19)24(25(34)30-27(2,3)4)31(18-20-8-6-5-7-9-20)23(33)15-14-22(32)29-26-28-16-17-35-26/h5-13,16-17,24H,14-15,18H2,1-4H3,(H,30,34)(H,28,29,32)/t24-/m1/s1. The number of rotatable bonds is 9. The second-order valence-corrected chi connectivity index (χ2v) is 10.3. The molecular weight excluding hydrogens is 460 g/mol. The lowest BCUT2D eigenvalue weighted by Crippen LogP contribution is -2.49. The van der Waals surface area contributed by atoms with Crippen LogP contribution >= 0.6 is 11.3 Å². The van der Waals surface area contributed by atoms with Gasteiger partial charge in [-0.1, -0.05) is 60.2 Å². The number of nitrogens with one attached hydrogen (secondary N) is 2. The average molecular weight is 493 g/mol. The highest BCUT2D eigenvalue weighted by Gasteiger charge is 2.33. The van der Waals surface area contributed by atoms with Crippen LogP contribution < -0.4 is 10.6 Å². The van der Waals surface area contributed by atoms with Crippen LogP contribution in [0.2, 0.25) is 0 Å². The summed E-state index contributed by atoms with van der Waals surface area (Å²) in [6.45, 7) is 7.93. The topological polar surface area (TPSA) is 91.4 Å². The van der Waals surface area contributed by atoms with Crippen molar-refractivity contribution in [2.45, 2.75) is 58.7 Å². The van der Waals surface area contributed by atoms with Crippen LogP contribution in [0.25, 0.3) is 0 Å². The predicted molar refractivity (Wildman–Crippen MR) is 139 cm³/mol. The molecule has 0 fully saturated rings. The summed E-state index contributed by atoms with van der Waals surface area (Å²) in [7, 11) is 0. The molecule has 35 heavy (non-hydrogen) atoms. The third-order valence-corrected chi connectivity index (χ3v) is 5.90. The molecule has 0 aliphatic rings. The Morgan fingerprint density at radius 2 is 1.69 bits per heavy atom. The number of carbonyl (C=O) groups is 3. The molecule has 0 unspecified atom stereocenters. The van der Waals surface area contributed by atoms with Gasteiger partial charge in [0, 0.05) is 36.5 Å². The van der Waals surface area contributed by atoms with Crippen LogP contribution in [0.5, 0.6) is 0 Å². The molecule has 3 aromatic rings. The SMILES string of the molecule is Cc1ccc([C@H](C(=O)NC(C)(C)C)N(Cc2ccccc2)C(=O)CCC(=O)Nc2nccs2)cc1. The first-order valence-electron chi connectivity index (χ1n) is 11.5. The Hall–Kier alpha value is -3.52. The van der Waals surface area contributed by atoms with Crippen molar-refractivity contribution < 1.29 is 14.4 Å². The number of hydrogen-bond acceptors (Lipinski definition) is 5. The van der Waals surface area contributed by atoms with E-state index in [0.717, 1.165) is 11.1 Å². The summed E-state index contributed by atoms with van der Waals surface area (Å²) in [5.41, 5.74) is 2.20. The number of benzene rings is 2. The first kappa shape index (κ1) is 26.1. The third kappa shape index (κ3) is 8.03. The minimum Gasteiger partial charge on any atom is -0.349 e. The molecule has 0 radical (unpaired) electrons. The molecule has 0 bridgehead atoms. The van der Waals surface area contributed by atoms with Gasteiger partial charge >= 0.3 is 0 Å². The van der Waals surface area contributed by atoms with E-state index in [4.69, 9.17) is 0 Å². The zero-order valence-corrected chi connectivity index (χ0v) is 21.4. The first-order chi connectivity index (χ1) is 16.6. The fourth-order valence-electron chi connectivity index (χ4n) is 3.59. The summed E-state index contributed by atoms with van der Waals surface area (Å²) >= 11 is 1.31. The Balaban J connectivity index is 1.89. The summed E-state index contributed by atoms with van der Waals surface area (Å²) in [4.78, 5) is 45.1. The molecule has 0 saturated heterocycles. The van der Waals surface area contributed by atoms with E-state index in [2.05, 4.69) is 15.6 Å². The maximum atomic E-state index is 13.6. The van der Waals surface area contributed by atoms with Gasteiger partial charge in [0.15, 0.2) is 5.13 Å². The van der Waals surface area contributed by atoms with Crippen molar-refractivity contribution in [3.63, 3.8) is 0 Å². The summed E-state index contributed by atoms with van der Waals surface area (Å²) in [6, 6.07) is 16.3. The number of aromatic nitrogens is 1. The molecule has 2 aromatic carbocycles. The van der Waals surface area contributed by atoms with E-state index in [1.165, 1.54) is 11.3 Å². The van der Waals surface area contributed by atoms with Gasteiger partial charge in [0.25, 0.3) is 0 Å². The number of hydrogen-bond donors (Lipinski definition) is 2. The normalized spacial score (nSPS) is 12.0. The van der Waals surface area contributed by atoms with Crippen molar-refractivity contribution in [2.75, 3.05) is 5.32 Å². The number of aryl methyl sites for hydroxylation is 1. The van der Waals surface area contributed by atoms with Gasteiger partial charge in [0.1, 0.15) is 6.04 Å². The van der Waals surface area contributed by atoms with E-state index in [1.54, 1.807) is 16.5 Å². The number of nitrogens with zero attached hydrogens (tertiary/aromatic N) is 2. The lowest BCUT2D eigenvalue weighted by atomic mass is 9.99. The lowest BCUT2D eigenvalue weighted by Gasteiger charge is -2.34. The van der Waals surface area contributed by atoms with Crippen LogP contribution in [0, 0.1) is 6.92 Å². The van der Waals surface area contributed by atoms with Crippen LogP contribution in [0.15, 0.2) is 66.2 Å². The van der Waals surface area contributed by atoms with Crippen LogP contribution in [-0.2, 0) is 20.9 Å². The predicted octanol–water partition coefficient (Wildman–Crippen LogP) is 4.86. The highest BCUT2D eigenvalue weighted by molar-refractivity contribution is 7.13. The minimum atomic E-state index is -0.843. The molecule has 0 saturated carbocycles. The second-order valence-electron chi connectivity index (χ2n) is 9.45. The van der Waals surface area contributed by atoms with Gasteiger partial charge in [-0.15, -0.1) is 11.3 Å². The Morgan fingerprint density at radius 3 is 2.29 bits per heavy atom. The summed E-state index contributed by atoms with van der Waals surface area (Å²) in [5, 5.41) is 7.99. The number of amides is 3. The van der Waals surface area contributed by atoms with E-state index in [-0.39, 0.29) is 37.1 Å². The highest BCUT2D eigenvalue weighted by atomic mass is 32.1. The largest absolute Gasteiger partial charge is 0.349 e. The molecule has 1 atom stereocenters.